The normalized spacial score (nSPS) is 11.8. The predicted octanol–water partition coefficient (Wildman–Crippen LogP) is 3.13. The number of carbonyl (C=O) groups excluding carboxylic acids is 2. The van der Waals surface area contributed by atoms with Gasteiger partial charge in [-0.15, -0.1) is 0 Å². The highest BCUT2D eigenvalue weighted by Crippen LogP contribution is 2.24. The van der Waals surface area contributed by atoms with Crippen LogP contribution in [0, 0.1) is 6.92 Å². The lowest BCUT2D eigenvalue weighted by Crippen LogP contribution is -2.35. The number of pyridine rings is 1. The maximum Gasteiger partial charge on any atom is 0.341 e. The van der Waals surface area contributed by atoms with E-state index in [1.807, 2.05) is 26.8 Å². The first kappa shape index (κ1) is 20.0. The van der Waals surface area contributed by atoms with Gasteiger partial charge in [-0.25, -0.2) is 9.78 Å². The summed E-state index contributed by atoms with van der Waals surface area (Å²) in [4.78, 5) is 28.4. The molecular formula is C18H23N3O4S. The second-order valence-electron chi connectivity index (χ2n) is 5.91. The number of thioether (sulfide) groups is 1. The maximum absolute atomic E-state index is 12.3. The smallest absolute Gasteiger partial charge is 0.341 e. The summed E-state index contributed by atoms with van der Waals surface area (Å²) in [7, 11) is 0. The number of aromatic nitrogens is 2. The van der Waals surface area contributed by atoms with E-state index in [2.05, 4.69) is 15.5 Å². The minimum atomic E-state index is -0.574. The molecule has 1 amide bonds. The van der Waals surface area contributed by atoms with E-state index >= 15 is 0 Å². The standard InChI is InChI=1S/C18H23N3O4S/c1-4-6-12(2)20-16(22)10-24-18(23)15-7-5-8-19-17(15)26-11-14-9-13(3)25-21-14/h5,7-9,12H,4,6,10-11H2,1-3H3,(H,20,22)/t12-/m1/s1. The monoisotopic (exact) mass is 377 g/mol. The number of rotatable bonds is 9. The van der Waals surface area contributed by atoms with E-state index in [1.54, 1.807) is 18.3 Å². The minimum absolute atomic E-state index is 0.0571. The Bertz CT molecular complexity index is 748. The van der Waals surface area contributed by atoms with E-state index in [-0.39, 0.29) is 18.6 Å². The van der Waals surface area contributed by atoms with Gasteiger partial charge in [-0.05, 0) is 32.4 Å². The lowest BCUT2D eigenvalue weighted by Gasteiger charge is -2.13. The van der Waals surface area contributed by atoms with Crippen LogP contribution in [0.15, 0.2) is 33.9 Å². The van der Waals surface area contributed by atoms with Crippen molar-refractivity contribution in [2.75, 3.05) is 6.61 Å². The Morgan fingerprint density at radius 2 is 2.23 bits per heavy atom. The predicted molar refractivity (Wildman–Crippen MR) is 97.8 cm³/mol. The van der Waals surface area contributed by atoms with E-state index in [9.17, 15) is 9.59 Å². The van der Waals surface area contributed by atoms with Gasteiger partial charge in [0, 0.05) is 24.1 Å². The van der Waals surface area contributed by atoms with E-state index in [0.717, 1.165) is 24.3 Å². The Hall–Kier alpha value is -2.35. The molecule has 26 heavy (non-hydrogen) atoms. The lowest BCUT2D eigenvalue weighted by molar-refractivity contribution is -0.124. The van der Waals surface area contributed by atoms with Crippen LogP contribution in [0.25, 0.3) is 0 Å². The van der Waals surface area contributed by atoms with E-state index in [4.69, 9.17) is 9.26 Å². The zero-order valence-corrected chi connectivity index (χ0v) is 16.0. The van der Waals surface area contributed by atoms with Crippen LogP contribution < -0.4 is 5.32 Å². The second-order valence-corrected chi connectivity index (χ2v) is 6.87. The third-order valence-corrected chi connectivity index (χ3v) is 4.53. The first-order valence-corrected chi connectivity index (χ1v) is 9.44. The average Bonchev–Trinajstić information content (AvgIpc) is 3.03. The summed E-state index contributed by atoms with van der Waals surface area (Å²) in [6, 6.07) is 5.17. The molecule has 0 fully saturated rings. The third-order valence-electron chi connectivity index (χ3n) is 3.49. The molecule has 0 aliphatic rings. The van der Waals surface area contributed by atoms with Crippen LogP contribution in [0.4, 0.5) is 0 Å². The molecule has 1 atom stereocenters. The van der Waals surface area contributed by atoms with Gasteiger partial charge in [0.2, 0.25) is 0 Å². The largest absolute Gasteiger partial charge is 0.452 e. The Kier molecular flexibility index (Phi) is 7.65. The highest BCUT2D eigenvalue weighted by Gasteiger charge is 2.17. The van der Waals surface area contributed by atoms with Crippen LogP contribution in [-0.2, 0) is 15.3 Å². The molecule has 0 unspecified atom stereocenters. The first-order valence-electron chi connectivity index (χ1n) is 8.46. The van der Waals surface area contributed by atoms with Crippen molar-refractivity contribution < 1.29 is 18.8 Å². The third kappa shape index (κ3) is 6.18. The summed E-state index contributed by atoms with van der Waals surface area (Å²) < 4.78 is 10.2. The summed E-state index contributed by atoms with van der Waals surface area (Å²) in [6.45, 7) is 5.47. The fourth-order valence-electron chi connectivity index (χ4n) is 2.32. The van der Waals surface area contributed by atoms with Crippen LogP contribution in [0.3, 0.4) is 0 Å². The highest BCUT2D eigenvalue weighted by atomic mass is 32.2. The average molecular weight is 377 g/mol. The quantitative estimate of drug-likeness (QED) is 0.530. The Balaban J connectivity index is 1.91. The summed E-state index contributed by atoms with van der Waals surface area (Å²) >= 11 is 1.36. The van der Waals surface area contributed by atoms with Gasteiger partial charge < -0.3 is 14.6 Å². The number of ether oxygens (including phenoxy) is 1. The zero-order valence-electron chi connectivity index (χ0n) is 15.2. The van der Waals surface area contributed by atoms with E-state index < -0.39 is 5.97 Å². The van der Waals surface area contributed by atoms with Crippen molar-refractivity contribution in [1.82, 2.24) is 15.5 Å². The van der Waals surface area contributed by atoms with Crippen LogP contribution >= 0.6 is 11.8 Å². The SMILES string of the molecule is CCC[C@@H](C)NC(=O)COC(=O)c1cccnc1SCc1cc(C)on1. The number of aryl methyl sites for hydroxylation is 1. The molecule has 2 aromatic heterocycles. The van der Waals surface area contributed by atoms with Crippen molar-refractivity contribution in [1.29, 1.82) is 0 Å². The number of esters is 1. The number of hydrogen-bond donors (Lipinski definition) is 1. The van der Waals surface area contributed by atoms with Gasteiger partial charge in [0.05, 0.1) is 11.3 Å². The number of nitrogens with one attached hydrogen (secondary N) is 1. The molecule has 140 valence electrons. The molecule has 2 heterocycles. The summed E-state index contributed by atoms with van der Waals surface area (Å²) in [5.41, 5.74) is 1.09. The lowest BCUT2D eigenvalue weighted by atomic mass is 10.2. The van der Waals surface area contributed by atoms with E-state index in [0.29, 0.717) is 16.3 Å². The first-order chi connectivity index (χ1) is 12.5. The summed E-state index contributed by atoms with van der Waals surface area (Å²) in [6.07, 6.45) is 3.46. The minimum Gasteiger partial charge on any atom is -0.452 e. The van der Waals surface area contributed by atoms with Gasteiger partial charge in [-0.3, -0.25) is 4.79 Å². The fraction of sp³-hybridized carbons (Fsp3) is 0.444. The van der Waals surface area contributed by atoms with Crippen molar-refractivity contribution in [3.05, 3.63) is 41.4 Å². The van der Waals surface area contributed by atoms with E-state index in [1.165, 1.54) is 11.8 Å². The highest BCUT2D eigenvalue weighted by molar-refractivity contribution is 7.98. The molecule has 0 saturated heterocycles. The van der Waals surface area contributed by atoms with Gasteiger partial charge in [-0.1, -0.05) is 30.3 Å². The number of nitrogens with zero attached hydrogens (tertiary/aromatic N) is 2. The molecule has 0 aromatic carbocycles. The molecule has 0 aliphatic carbocycles. The van der Waals surface area contributed by atoms with Gasteiger partial charge in [0.25, 0.3) is 5.91 Å². The number of amides is 1. The molecule has 2 aromatic rings. The maximum atomic E-state index is 12.3. The van der Waals surface area contributed by atoms with Crippen molar-refractivity contribution in [2.45, 2.75) is 50.4 Å². The summed E-state index contributed by atoms with van der Waals surface area (Å²) in [5, 5.41) is 7.24. The molecule has 0 bridgehead atoms. The molecule has 1 N–H and O–H groups in total. The fourth-order valence-corrected chi connectivity index (χ4v) is 3.18. The van der Waals surface area contributed by atoms with Crippen molar-refractivity contribution in [2.24, 2.45) is 0 Å². The molecule has 0 aliphatic heterocycles. The molecule has 2 rings (SSSR count). The van der Waals surface area contributed by atoms with Gasteiger partial charge in [0.1, 0.15) is 10.8 Å². The Morgan fingerprint density at radius 3 is 2.92 bits per heavy atom. The Morgan fingerprint density at radius 1 is 1.42 bits per heavy atom. The second kappa shape index (κ2) is 9.96. The molecule has 0 radical (unpaired) electrons. The van der Waals surface area contributed by atoms with Gasteiger partial charge in [0.15, 0.2) is 6.61 Å². The molecule has 7 nitrogen and oxygen atoms in total. The van der Waals surface area contributed by atoms with Gasteiger partial charge >= 0.3 is 5.97 Å². The number of carbonyl (C=O) groups is 2. The molecule has 8 heteroatoms. The van der Waals surface area contributed by atoms with Crippen LogP contribution in [0.2, 0.25) is 0 Å². The van der Waals surface area contributed by atoms with Gasteiger partial charge in [-0.2, -0.15) is 0 Å². The van der Waals surface area contributed by atoms with Crippen molar-refractivity contribution >= 4 is 23.6 Å². The molecule has 0 saturated carbocycles. The van der Waals surface area contributed by atoms with Crippen LogP contribution in [0.1, 0.15) is 48.5 Å². The van der Waals surface area contributed by atoms with Crippen molar-refractivity contribution in [3.8, 4) is 0 Å². The Labute approximate surface area is 156 Å². The van der Waals surface area contributed by atoms with Crippen LogP contribution in [-0.4, -0.2) is 34.7 Å². The molecular weight excluding hydrogens is 354 g/mol. The number of hydrogen-bond acceptors (Lipinski definition) is 7. The topological polar surface area (TPSA) is 94.3 Å². The zero-order chi connectivity index (χ0) is 18.9. The van der Waals surface area contributed by atoms with Crippen molar-refractivity contribution in [3.63, 3.8) is 0 Å². The summed E-state index contributed by atoms with van der Waals surface area (Å²) in [5.74, 6) is 0.360. The molecule has 0 spiro atoms. The van der Waals surface area contributed by atoms with Crippen LogP contribution in [0.5, 0.6) is 0 Å².